The number of anilines is 1. The van der Waals surface area contributed by atoms with Crippen molar-refractivity contribution < 1.29 is 9.59 Å². The second-order valence-electron chi connectivity index (χ2n) is 4.94. The van der Waals surface area contributed by atoms with Crippen LogP contribution in [0.25, 0.3) is 0 Å². The first-order valence-electron chi connectivity index (χ1n) is 6.54. The zero-order valence-electron chi connectivity index (χ0n) is 11.6. The molecule has 1 heterocycles. The lowest BCUT2D eigenvalue weighted by Gasteiger charge is -2.34. The number of aryl methyl sites for hydroxylation is 1. The summed E-state index contributed by atoms with van der Waals surface area (Å²) < 4.78 is 0.939. The van der Waals surface area contributed by atoms with E-state index in [1.54, 1.807) is 16.7 Å². The Morgan fingerprint density at radius 3 is 2.25 bits per heavy atom. The summed E-state index contributed by atoms with van der Waals surface area (Å²) in [6.07, 6.45) is 0. The predicted molar refractivity (Wildman–Crippen MR) is 81.7 cm³/mol. The molecule has 5 nitrogen and oxygen atoms in total. The summed E-state index contributed by atoms with van der Waals surface area (Å²) in [4.78, 5) is 26.9. The van der Waals surface area contributed by atoms with E-state index in [1.165, 1.54) is 0 Å². The fourth-order valence-electron chi connectivity index (χ4n) is 2.24. The van der Waals surface area contributed by atoms with Crippen molar-refractivity contribution in [1.29, 1.82) is 0 Å². The molecule has 20 heavy (non-hydrogen) atoms. The number of carbonyl (C=O) groups excluding carboxylic acids is 2. The average Bonchev–Trinajstić information content (AvgIpc) is 2.37. The summed E-state index contributed by atoms with van der Waals surface area (Å²) in [5, 5.41) is 2.89. The van der Waals surface area contributed by atoms with E-state index in [1.807, 2.05) is 25.1 Å². The Balaban J connectivity index is 1.94. The van der Waals surface area contributed by atoms with Crippen LogP contribution < -0.4 is 5.32 Å². The maximum absolute atomic E-state index is 12.2. The molecule has 2 rings (SSSR count). The summed E-state index contributed by atoms with van der Waals surface area (Å²) >= 11 is 3.41. The number of nitrogens with one attached hydrogen (secondary N) is 1. The molecule has 0 atom stereocenters. The highest BCUT2D eigenvalue weighted by molar-refractivity contribution is 9.10. The summed E-state index contributed by atoms with van der Waals surface area (Å²) in [5.41, 5.74) is 1.85. The van der Waals surface area contributed by atoms with Gasteiger partial charge in [-0.3, -0.25) is 4.79 Å². The van der Waals surface area contributed by atoms with Crippen LogP contribution >= 0.6 is 15.9 Å². The fourth-order valence-corrected chi connectivity index (χ4v) is 2.84. The minimum Gasteiger partial charge on any atom is -0.339 e. The van der Waals surface area contributed by atoms with Gasteiger partial charge in [-0.2, -0.15) is 0 Å². The van der Waals surface area contributed by atoms with Crippen molar-refractivity contribution in [1.82, 2.24) is 9.80 Å². The maximum atomic E-state index is 12.2. The molecule has 1 N–H and O–H groups in total. The van der Waals surface area contributed by atoms with Gasteiger partial charge in [0.1, 0.15) is 0 Å². The van der Waals surface area contributed by atoms with Gasteiger partial charge in [0.05, 0.1) is 0 Å². The molecule has 0 bridgehead atoms. The van der Waals surface area contributed by atoms with E-state index in [0.717, 1.165) is 15.7 Å². The van der Waals surface area contributed by atoms with Crippen molar-refractivity contribution in [3.05, 3.63) is 28.2 Å². The molecule has 6 heteroatoms. The maximum Gasteiger partial charge on any atom is 0.321 e. The zero-order valence-corrected chi connectivity index (χ0v) is 13.2. The van der Waals surface area contributed by atoms with Gasteiger partial charge in [-0.1, -0.05) is 15.9 Å². The largest absolute Gasteiger partial charge is 0.339 e. The Hall–Kier alpha value is -1.56. The molecule has 0 spiro atoms. The summed E-state index contributed by atoms with van der Waals surface area (Å²) in [6.45, 7) is 5.86. The van der Waals surface area contributed by atoms with Gasteiger partial charge in [-0.25, -0.2) is 4.79 Å². The first-order valence-corrected chi connectivity index (χ1v) is 7.33. The van der Waals surface area contributed by atoms with Crippen LogP contribution in [0.1, 0.15) is 12.5 Å². The topological polar surface area (TPSA) is 52.7 Å². The van der Waals surface area contributed by atoms with Gasteiger partial charge in [0, 0.05) is 43.3 Å². The number of benzene rings is 1. The molecule has 1 aliphatic heterocycles. The Morgan fingerprint density at radius 1 is 1.10 bits per heavy atom. The molecular formula is C14H18BrN3O2. The van der Waals surface area contributed by atoms with Gasteiger partial charge in [0.25, 0.3) is 0 Å². The Morgan fingerprint density at radius 2 is 1.70 bits per heavy atom. The summed E-state index contributed by atoms with van der Waals surface area (Å²) in [6, 6.07) is 5.66. The summed E-state index contributed by atoms with van der Waals surface area (Å²) in [5.74, 6) is 0.0627. The number of nitrogens with zero attached hydrogens (tertiary/aromatic N) is 2. The second kappa shape index (κ2) is 6.26. The average molecular weight is 340 g/mol. The molecule has 1 aromatic rings. The Labute approximate surface area is 127 Å². The number of hydrogen-bond donors (Lipinski definition) is 1. The van der Waals surface area contributed by atoms with Crippen molar-refractivity contribution >= 4 is 33.6 Å². The second-order valence-corrected chi connectivity index (χ2v) is 5.86. The van der Waals surface area contributed by atoms with Crippen molar-refractivity contribution in [2.24, 2.45) is 0 Å². The highest BCUT2D eigenvalue weighted by atomic mass is 79.9. The minimum atomic E-state index is -0.120. The van der Waals surface area contributed by atoms with Gasteiger partial charge in [-0.05, 0) is 30.7 Å². The molecular weight excluding hydrogens is 322 g/mol. The standard InChI is InChI=1S/C14H18BrN3O2/c1-10-7-12(15)9-13(8-10)16-14(20)18-5-3-17(4-6-18)11(2)19/h7-9H,3-6H2,1-2H3,(H,16,20). The molecule has 0 radical (unpaired) electrons. The number of halogens is 1. The van der Waals surface area contributed by atoms with Crippen molar-refractivity contribution in [2.75, 3.05) is 31.5 Å². The van der Waals surface area contributed by atoms with Gasteiger partial charge in [-0.15, -0.1) is 0 Å². The molecule has 1 fully saturated rings. The Bertz CT molecular complexity index is 505. The van der Waals surface area contributed by atoms with Crippen LogP contribution in [0.15, 0.2) is 22.7 Å². The number of urea groups is 1. The smallest absolute Gasteiger partial charge is 0.321 e. The number of carbonyl (C=O) groups is 2. The minimum absolute atomic E-state index is 0.0627. The van der Waals surface area contributed by atoms with Crippen LogP contribution in [-0.4, -0.2) is 47.9 Å². The van der Waals surface area contributed by atoms with Gasteiger partial charge >= 0.3 is 6.03 Å². The van der Waals surface area contributed by atoms with Crippen LogP contribution in [-0.2, 0) is 4.79 Å². The monoisotopic (exact) mass is 339 g/mol. The number of amides is 3. The van der Waals surface area contributed by atoms with Gasteiger partial charge in [0.2, 0.25) is 5.91 Å². The van der Waals surface area contributed by atoms with Crippen molar-refractivity contribution in [2.45, 2.75) is 13.8 Å². The summed E-state index contributed by atoms with van der Waals surface area (Å²) in [7, 11) is 0. The van der Waals surface area contributed by atoms with E-state index in [9.17, 15) is 9.59 Å². The third-order valence-corrected chi connectivity index (χ3v) is 3.76. The number of piperazine rings is 1. The van der Waals surface area contributed by atoms with E-state index in [2.05, 4.69) is 21.2 Å². The van der Waals surface area contributed by atoms with Crippen molar-refractivity contribution in [3.8, 4) is 0 Å². The number of hydrogen-bond acceptors (Lipinski definition) is 2. The van der Waals surface area contributed by atoms with Crippen LogP contribution in [0.2, 0.25) is 0 Å². The third-order valence-electron chi connectivity index (χ3n) is 3.31. The van der Waals surface area contributed by atoms with Gasteiger partial charge < -0.3 is 15.1 Å². The van der Waals surface area contributed by atoms with Crippen LogP contribution in [0.5, 0.6) is 0 Å². The molecule has 108 valence electrons. The molecule has 0 saturated carbocycles. The molecule has 0 unspecified atom stereocenters. The highest BCUT2D eigenvalue weighted by Crippen LogP contribution is 2.19. The van der Waals surface area contributed by atoms with E-state index < -0.39 is 0 Å². The first kappa shape index (κ1) is 14.8. The zero-order chi connectivity index (χ0) is 14.7. The normalized spacial score (nSPS) is 15.2. The van der Waals surface area contributed by atoms with Crippen LogP contribution in [0.4, 0.5) is 10.5 Å². The molecule has 1 aromatic carbocycles. The van der Waals surface area contributed by atoms with E-state index in [0.29, 0.717) is 26.2 Å². The quantitative estimate of drug-likeness (QED) is 0.854. The van der Waals surface area contributed by atoms with E-state index >= 15 is 0 Å². The van der Waals surface area contributed by atoms with Crippen LogP contribution in [0.3, 0.4) is 0 Å². The highest BCUT2D eigenvalue weighted by Gasteiger charge is 2.22. The molecule has 0 aliphatic carbocycles. The SMILES string of the molecule is CC(=O)N1CCN(C(=O)Nc2cc(C)cc(Br)c2)CC1. The third kappa shape index (κ3) is 3.72. The van der Waals surface area contributed by atoms with E-state index in [4.69, 9.17) is 0 Å². The molecule has 3 amide bonds. The first-order chi connectivity index (χ1) is 9.45. The fraction of sp³-hybridized carbons (Fsp3) is 0.429. The van der Waals surface area contributed by atoms with Crippen LogP contribution in [0, 0.1) is 6.92 Å². The number of rotatable bonds is 1. The molecule has 1 aliphatic rings. The molecule has 0 aromatic heterocycles. The van der Waals surface area contributed by atoms with E-state index in [-0.39, 0.29) is 11.9 Å². The predicted octanol–water partition coefficient (Wildman–Crippen LogP) is 2.45. The lowest BCUT2D eigenvalue weighted by molar-refractivity contribution is -0.130. The lowest BCUT2D eigenvalue weighted by atomic mass is 10.2. The lowest BCUT2D eigenvalue weighted by Crippen LogP contribution is -2.51. The van der Waals surface area contributed by atoms with Gasteiger partial charge in [0.15, 0.2) is 0 Å². The molecule has 1 saturated heterocycles. The Kier molecular flexibility index (Phi) is 4.65. The van der Waals surface area contributed by atoms with Crippen molar-refractivity contribution in [3.63, 3.8) is 0 Å².